The van der Waals surface area contributed by atoms with Gasteiger partial charge in [0.1, 0.15) is 0 Å². The maximum Gasteiger partial charge on any atom is 0.228 e. The summed E-state index contributed by atoms with van der Waals surface area (Å²) >= 11 is 0. The van der Waals surface area contributed by atoms with Gasteiger partial charge in [0.25, 0.3) is 0 Å². The highest BCUT2D eigenvalue weighted by molar-refractivity contribution is 5.98. The number of amides is 1. The normalized spacial score (nSPS) is 27.3. The van der Waals surface area contributed by atoms with Crippen molar-refractivity contribution in [1.29, 1.82) is 0 Å². The minimum absolute atomic E-state index is 0.0161. The Labute approximate surface area is 150 Å². The number of fused-ring (bicyclic) bond motifs is 1. The van der Waals surface area contributed by atoms with Crippen molar-refractivity contribution in [3.63, 3.8) is 0 Å². The minimum Gasteiger partial charge on any atom is -0.326 e. The van der Waals surface area contributed by atoms with E-state index < -0.39 is 0 Å². The Morgan fingerprint density at radius 3 is 2.12 bits per heavy atom. The average Bonchev–Trinajstić information content (AvgIpc) is 3.27. The summed E-state index contributed by atoms with van der Waals surface area (Å²) in [5, 5.41) is 3.03. The molecule has 1 fully saturated rings. The van der Waals surface area contributed by atoms with E-state index in [9.17, 15) is 9.59 Å². The molecule has 25 heavy (non-hydrogen) atoms. The Morgan fingerprint density at radius 2 is 1.52 bits per heavy atom. The highest BCUT2D eigenvalue weighted by Crippen LogP contribution is 2.52. The fourth-order valence-electron chi connectivity index (χ4n) is 3.90. The summed E-state index contributed by atoms with van der Waals surface area (Å²) in [6.45, 7) is 1.54. The lowest BCUT2D eigenvalue weighted by Gasteiger charge is -2.06. The van der Waals surface area contributed by atoms with Crippen LogP contribution in [0.5, 0.6) is 0 Å². The molecular weight excluding hydrogens is 310 g/mol. The Bertz CT molecular complexity index is 665. The highest BCUT2D eigenvalue weighted by Gasteiger charge is 2.52. The summed E-state index contributed by atoms with van der Waals surface area (Å²) in [5.41, 5.74) is 1.36. The molecule has 0 heterocycles. The number of benzene rings is 1. The number of nitrogens with one attached hydrogen (secondary N) is 1. The van der Waals surface area contributed by atoms with Gasteiger partial charge >= 0.3 is 0 Å². The van der Waals surface area contributed by atoms with Crippen molar-refractivity contribution in [3.8, 4) is 0 Å². The minimum atomic E-state index is 0.0161. The van der Waals surface area contributed by atoms with E-state index >= 15 is 0 Å². The third-order valence-electron chi connectivity index (χ3n) is 5.34. The zero-order valence-corrected chi connectivity index (χ0v) is 14.9. The van der Waals surface area contributed by atoms with Crippen LogP contribution in [0.3, 0.4) is 0 Å². The second kappa shape index (κ2) is 8.28. The first-order chi connectivity index (χ1) is 12.2. The van der Waals surface area contributed by atoms with Crippen LogP contribution in [0.2, 0.25) is 0 Å². The van der Waals surface area contributed by atoms with Crippen LogP contribution >= 0.6 is 0 Å². The van der Waals surface area contributed by atoms with Gasteiger partial charge in [-0.1, -0.05) is 36.4 Å². The number of allylic oxidation sites excluding steroid dienone is 4. The van der Waals surface area contributed by atoms with Crippen molar-refractivity contribution in [2.75, 3.05) is 5.32 Å². The molecule has 3 nitrogen and oxygen atoms in total. The third-order valence-corrected chi connectivity index (χ3v) is 5.34. The number of carbonyl (C=O) groups excluding carboxylic acids is 2. The summed E-state index contributed by atoms with van der Waals surface area (Å²) in [6, 6.07) is 7.21. The lowest BCUT2D eigenvalue weighted by molar-refractivity contribution is -0.117. The smallest absolute Gasteiger partial charge is 0.228 e. The van der Waals surface area contributed by atoms with Crippen LogP contribution < -0.4 is 5.32 Å². The topological polar surface area (TPSA) is 46.2 Å². The molecule has 1 N–H and O–H groups in total. The van der Waals surface area contributed by atoms with Gasteiger partial charge in [0, 0.05) is 17.2 Å². The van der Waals surface area contributed by atoms with Crippen molar-refractivity contribution < 1.29 is 9.59 Å². The average molecular weight is 337 g/mol. The zero-order chi connectivity index (χ0) is 17.6. The Hall–Kier alpha value is -2.16. The van der Waals surface area contributed by atoms with Gasteiger partial charge < -0.3 is 5.32 Å². The third kappa shape index (κ3) is 4.68. The second-order valence-electron chi connectivity index (χ2n) is 7.15. The fourth-order valence-corrected chi connectivity index (χ4v) is 3.90. The summed E-state index contributed by atoms with van der Waals surface area (Å²) in [4.78, 5) is 24.2. The molecule has 3 atom stereocenters. The molecule has 2 aliphatic carbocycles. The summed E-state index contributed by atoms with van der Waals surface area (Å²) in [6.07, 6.45) is 15.6. The van der Waals surface area contributed by atoms with Gasteiger partial charge in [-0.05, 0) is 69.4 Å². The van der Waals surface area contributed by atoms with E-state index in [1.807, 2.05) is 12.1 Å². The van der Waals surface area contributed by atoms with Gasteiger partial charge in [-0.25, -0.2) is 0 Å². The van der Waals surface area contributed by atoms with Gasteiger partial charge in [-0.2, -0.15) is 0 Å². The van der Waals surface area contributed by atoms with E-state index in [1.165, 1.54) is 0 Å². The summed E-state index contributed by atoms with van der Waals surface area (Å²) < 4.78 is 0. The molecule has 0 aliphatic heterocycles. The second-order valence-corrected chi connectivity index (χ2v) is 7.15. The molecule has 132 valence electrons. The van der Waals surface area contributed by atoms with Crippen LogP contribution in [0, 0.1) is 17.8 Å². The molecule has 2 aliphatic rings. The molecule has 1 amide bonds. The zero-order valence-electron chi connectivity index (χ0n) is 14.9. The molecule has 3 unspecified atom stereocenters. The summed E-state index contributed by atoms with van der Waals surface area (Å²) in [7, 11) is 0. The predicted molar refractivity (Wildman–Crippen MR) is 102 cm³/mol. The standard InChI is InChI=1S/C22H27NO2/c1-16(24)17-11-10-12-18(15-17)23-22(25)21-19-13-8-6-4-2-3-5-7-9-14-20(19)21/h4-7,10-12,15,19-21H,2-3,8-9,13-14H2,1H3,(H,23,25)/b6-4+,7-5?. The molecule has 1 aromatic rings. The number of Topliss-reactive ketones (excluding diaryl/α,β-unsaturated/α-hetero) is 1. The van der Waals surface area contributed by atoms with Crippen molar-refractivity contribution in [2.45, 2.75) is 45.4 Å². The Balaban J connectivity index is 1.63. The van der Waals surface area contributed by atoms with Gasteiger partial charge in [-0.3, -0.25) is 9.59 Å². The van der Waals surface area contributed by atoms with Crippen LogP contribution in [0.4, 0.5) is 5.69 Å². The number of ketones is 1. The lowest BCUT2D eigenvalue weighted by atomic mass is 10.1. The van der Waals surface area contributed by atoms with Gasteiger partial charge in [0.15, 0.2) is 5.78 Å². The van der Waals surface area contributed by atoms with E-state index in [4.69, 9.17) is 0 Å². The Kier molecular flexibility index (Phi) is 5.85. The SMILES string of the molecule is CC(=O)c1cccc(NC(=O)C2C3CCC=CCC/C=C/CCC32)c1. The monoisotopic (exact) mass is 337 g/mol. The molecule has 1 saturated carbocycles. The van der Waals surface area contributed by atoms with Crippen LogP contribution in [-0.2, 0) is 4.79 Å². The van der Waals surface area contributed by atoms with Gasteiger partial charge in [-0.15, -0.1) is 0 Å². The van der Waals surface area contributed by atoms with E-state index in [-0.39, 0.29) is 17.6 Å². The van der Waals surface area contributed by atoms with E-state index in [0.717, 1.165) is 44.2 Å². The van der Waals surface area contributed by atoms with Crippen LogP contribution in [0.25, 0.3) is 0 Å². The lowest BCUT2D eigenvalue weighted by Crippen LogP contribution is -2.16. The van der Waals surface area contributed by atoms with E-state index in [1.54, 1.807) is 19.1 Å². The molecule has 3 heteroatoms. The van der Waals surface area contributed by atoms with Crippen molar-refractivity contribution >= 4 is 17.4 Å². The fraction of sp³-hybridized carbons (Fsp3) is 0.455. The van der Waals surface area contributed by atoms with Gasteiger partial charge in [0.05, 0.1) is 0 Å². The first-order valence-corrected chi connectivity index (χ1v) is 9.38. The van der Waals surface area contributed by atoms with E-state index in [0.29, 0.717) is 17.4 Å². The number of rotatable bonds is 3. The molecule has 0 radical (unpaired) electrons. The van der Waals surface area contributed by atoms with Crippen LogP contribution in [0.1, 0.15) is 55.8 Å². The first kappa shape index (κ1) is 17.7. The number of hydrogen-bond donors (Lipinski definition) is 1. The predicted octanol–water partition coefficient (Wildman–Crippen LogP) is 5.16. The van der Waals surface area contributed by atoms with E-state index in [2.05, 4.69) is 29.6 Å². The van der Waals surface area contributed by atoms with Crippen LogP contribution in [0.15, 0.2) is 48.6 Å². The van der Waals surface area contributed by atoms with Crippen LogP contribution in [-0.4, -0.2) is 11.7 Å². The molecule has 0 spiro atoms. The van der Waals surface area contributed by atoms with Crippen molar-refractivity contribution in [3.05, 3.63) is 54.1 Å². The quantitative estimate of drug-likeness (QED) is 0.612. The molecule has 3 rings (SSSR count). The number of hydrogen-bond acceptors (Lipinski definition) is 2. The molecule has 0 saturated heterocycles. The number of anilines is 1. The Morgan fingerprint density at radius 1 is 0.920 bits per heavy atom. The summed E-state index contributed by atoms with van der Waals surface area (Å²) in [5.74, 6) is 1.23. The maximum absolute atomic E-state index is 12.7. The largest absolute Gasteiger partial charge is 0.326 e. The number of carbonyl (C=O) groups is 2. The van der Waals surface area contributed by atoms with Gasteiger partial charge in [0.2, 0.25) is 5.91 Å². The van der Waals surface area contributed by atoms with Crippen molar-refractivity contribution in [1.82, 2.24) is 0 Å². The highest BCUT2D eigenvalue weighted by atomic mass is 16.2. The maximum atomic E-state index is 12.7. The first-order valence-electron chi connectivity index (χ1n) is 9.38. The van der Waals surface area contributed by atoms with Crippen molar-refractivity contribution in [2.24, 2.45) is 17.8 Å². The molecule has 0 aromatic heterocycles. The molecule has 0 bridgehead atoms. The molecule has 1 aromatic carbocycles. The molecular formula is C22H27NO2.